The minimum Gasteiger partial charge on any atom is -0.379 e. The summed E-state index contributed by atoms with van der Waals surface area (Å²) < 4.78 is 5.52. The minimum atomic E-state index is -0.279. The zero-order valence-electron chi connectivity index (χ0n) is 15.5. The van der Waals surface area contributed by atoms with Crippen LogP contribution in [0, 0.1) is 0 Å². The van der Waals surface area contributed by atoms with Gasteiger partial charge in [0.15, 0.2) is 5.69 Å². The second kappa shape index (κ2) is 7.78. The predicted octanol–water partition coefficient (Wildman–Crippen LogP) is 1.69. The van der Waals surface area contributed by atoms with E-state index in [9.17, 15) is 9.59 Å². The fraction of sp³-hybridized carbons (Fsp3) is 0.550. The average molecular weight is 370 g/mol. The van der Waals surface area contributed by atoms with Crippen LogP contribution in [-0.4, -0.2) is 59.4 Å². The van der Waals surface area contributed by atoms with Crippen LogP contribution in [0.3, 0.4) is 0 Å². The van der Waals surface area contributed by atoms with E-state index in [0.29, 0.717) is 17.3 Å². The standard InChI is InChI=1S/C20H26N4O3/c25-18-16-7-3-2-6-15(16)17(22-23-18)19(26)21-14-20(8-4-1-5-9-20)24-10-12-27-13-11-24/h2-3,6-7H,1,4-5,8-14H2,(H,21,26)(H,23,25). The molecule has 0 unspecified atom stereocenters. The zero-order valence-corrected chi connectivity index (χ0v) is 15.5. The fourth-order valence-corrected chi connectivity index (χ4v) is 4.47. The van der Waals surface area contributed by atoms with Gasteiger partial charge in [-0.05, 0) is 18.9 Å². The summed E-state index contributed by atoms with van der Waals surface area (Å²) in [7, 11) is 0. The van der Waals surface area contributed by atoms with Gasteiger partial charge in [-0.3, -0.25) is 14.5 Å². The molecule has 4 rings (SSSR count). The molecule has 1 saturated carbocycles. The lowest BCUT2D eigenvalue weighted by Gasteiger charge is -2.48. The van der Waals surface area contributed by atoms with Gasteiger partial charge >= 0.3 is 0 Å². The summed E-state index contributed by atoms with van der Waals surface area (Å²) >= 11 is 0. The van der Waals surface area contributed by atoms with Gasteiger partial charge in [0.1, 0.15) is 0 Å². The van der Waals surface area contributed by atoms with E-state index in [1.54, 1.807) is 18.2 Å². The molecule has 27 heavy (non-hydrogen) atoms. The van der Waals surface area contributed by atoms with Gasteiger partial charge in [-0.15, -0.1) is 0 Å². The maximum absolute atomic E-state index is 12.9. The molecular weight excluding hydrogens is 344 g/mol. The molecule has 0 spiro atoms. The largest absolute Gasteiger partial charge is 0.379 e. The van der Waals surface area contributed by atoms with Crippen LogP contribution in [0.5, 0.6) is 0 Å². The fourth-order valence-electron chi connectivity index (χ4n) is 4.47. The molecule has 0 atom stereocenters. The molecule has 1 aromatic heterocycles. The topological polar surface area (TPSA) is 87.3 Å². The number of benzene rings is 1. The van der Waals surface area contributed by atoms with Crippen LogP contribution in [0.15, 0.2) is 29.1 Å². The van der Waals surface area contributed by atoms with Crippen LogP contribution in [0.2, 0.25) is 0 Å². The number of nitrogens with zero attached hydrogens (tertiary/aromatic N) is 2. The summed E-state index contributed by atoms with van der Waals surface area (Å²) in [6, 6.07) is 7.08. The Morgan fingerprint density at radius 2 is 1.85 bits per heavy atom. The van der Waals surface area contributed by atoms with Crippen LogP contribution in [0.1, 0.15) is 42.6 Å². The summed E-state index contributed by atoms with van der Waals surface area (Å²) in [5.41, 5.74) is -0.00673. The molecule has 144 valence electrons. The number of rotatable bonds is 4. The van der Waals surface area contributed by atoms with Crippen molar-refractivity contribution in [3.63, 3.8) is 0 Å². The molecule has 1 aromatic carbocycles. The molecule has 2 aromatic rings. The summed E-state index contributed by atoms with van der Waals surface area (Å²) in [6.45, 7) is 3.93. The molecule has 7 nitrogen and oxygen atoms in total. The number of hydrogen-bond acceptors (Lipinski definition) is 5. The maximum atomic E-state index is 12.9. The summed E-state index contributed by atoms with van der Waals surface area (Å²) in [5.74, 6) is -0.236. The van der Waals surface area contributed by atoms with Crippen molar-refractivity contribution in [1.29, 1.82) is 0 Å². The van der Waals surface area contributed by atoms with Crippen LogP contribution < -0.4 is 10.9 Å². The predicted molar refractivity (Wildman–Crippen MR) is 103 cm³/mol. The Bertz CT molecular complexity index is 867. The van der Waals surface area contributed by atoms with Crippen molar-refractivity contribution in [1.82, 2.24) is 20.4 Å². The monoisotopic (exact) mass is 370 g/mol. The SMILES string of the molecule is O=C(NCC1(N2CCOCC2)CCCCC1)c1n[nH]c(=O)c2ccccc12. The third-order valence-electron chi connectivity index (χ3n) is 5.96. The van der Waals surface area contributed by atoms with Gasteiger partial charge < -0.3 is 10.1 Å². The number of carbonyl (C=O) groups is 1. The highest BCUT2D eigenvalue weighted by Gasteiger charge is 2.39. The number of fused-ring (bicyclic) bond motifs is 1. The number of carbonyl (C=O) groups excluding carboxylic acids is 1. The van der Waals surface area contributed by atoms with Crippen molar-refractivity contribution < 1.29 is 9.53 Å². The number of morpholine rings is 1. The number of ether oxygens (including phenoxy) is 1. The van der Waals surface area contributed by atoms with Crippen LogP contribution in [-0.2, 0) is 4.74 Å². The molecule has 2 aliphatic rings. The first-order valence-electron chi connectivity index (χ1n) is 9.78. The number of aromatic amines is 1. The number of hydrogen-bond donors (Lipinski definition) is 2. The number of H-pyrrole nitrogens is 1. The molecule has 7 heteroatoms. The normalized spacial score (nSPS) is 20.4. The van der Waals surface area contributed by atoms with E-state index in [1.807, 2.05) is 6.07 Å². The van der Waals surface area contributed by atoms with Crippen molar-refractivity contribution in [2.45, 2.75) is 37.6 Å². The molecule has 1 amide bonds. The molecular formula is C20H26N4O3. The van der Waals surface area contributed by atoms with E-state index in [1.165, 1.54) is 19.3 Å². The van der Waals surface area contributed by atoms with Crippen molar-refractivity contribution in [2.24, 2.45) is 0 Å². The molecule has 1 saturated heterocycles. The van der Waals surface area contributed by atoms with E-state index < -0.39 is 0 Å². The summed E-state index contributed by atoms with van der Waals surface area (Å²) in [4.78, 5) is 27.3. The van der Waals surface area contributed by atoms with Gasteiger partial charge in [0.25, 0.3) is 11.5 Å². The molecule has 0 bridgehead atoms. The Morgan fingerprint density at radius 1 is 1.15 bits per heavy atom. The number of aromatic nitrogens is 2. The molecule has 1 aliphatic heterocycles. The number of amides is 1. The third kappa shape index (κ3) is 3.61. The Balaban J connectivity index is 1.55. The summed E-state index contributed by atoms with van der Waals surface area (Å²) in [5, 5.41) is 10.6. The first-order valence-corrected chi connectivity index (χ1v) is 9.78. The van der Waals surface area contributed by atoms with Crippen molar-refractivity contribution in [3.05, 3.63) is 40.3 Å². The summed E-state index contributed by atoms with van der Waals surface area (Å²) in [6.07, 6.45) is 5.81. The Kier molecular flexibility index (Phi) is 5.22. The first-order chi connectivity index (χ1) is 13.2. The Labute approximate surface area is 158 Å². The van der Waals surface area contributed by atoms with Gasteiger partial charge in [-0.1, -0.05) is 37.5 Å². The van der Waals surface area contributed by atoms with Gasteiger partial charge in [0.05, 0.1) is 18.6 Å². The zero-order chi connectivity index (χ0) is 18.7. The van der Waals surface area contributed by atoms with Gasteiger partial charge in [-0.25, -0.2) is 5.10 Å². The van der Waals surface area contributed by atoms with Gasteiger partial charge in [0.2, 0.25) is 0 Å². The van der Waals surface area contributed by atoms with Crippen molar-refractivity contribution in [2.75, 3.05) is 32.8 Å². The molecule has 2 N–H and O–H groups in total. The Morgan fingerprint density at radius 3 is 2.59 bits per heavy atom. The van der Waals surface area contributed by atoms with Crippen LogP contribution >= 0.6 is 0 Å². The smallest absolute Gasteiger partial charge is 0.272 e. The van der Waals surface area contributed by atoms with Crippen molar-refractivity contribution in [3.8, 4) is 0 Å². The highest BCUT2D eigenvalue weighted by atomic mass is 16.5. The van der Waals surface area contributed by atoms with E-state index in [0.717, 1.165) is 39.1 Å². The van der Waals surface area contributed by atoms with E-state index in [4.69, 9.17) is 4.74 Å². The first kappa shape index (κ1) is 18.1. The highest BCUT2D eigenvalue weighted by molar-refractivity contribution is 6.04. The molecule has 0 radical (unpaired) electrons. The lowest BCUT2D eigenvalue weighted by molar-refractivity contribution is -0.0361. The number of nitrogens with one attached hydrogen (secondary N) is 2. The lowest BCUT2D eigenvalue weighted by atomic mass is 9.79. The molecule has 1 aliphatic carbocycles. The van der Waals surface area contributed by atoms with Crippen molar-refractivity contribution >= 4 is 16.7 Å². The third-order valence-corrected chi connectivity index (χ3v) is 5.96. The average Bonchev–Trinajstić information content (AvgIpc) is 2.74. The van der Waals surface area contributed by atoms with E-state index in [-0.39, 0.29) is 22.7 Å². The second-order valence-electron chi connectivity index (χ2n) is 7.51. The van der Waals surface area contributed by atoms with E-state index >= 15 is 0 Å². The maximum Gasteiger partial charge on any atom is 0.272 e. The Hall–Kier alpha value is -2.25. The highest BCUT2D eigenvalue weighted by Crippen LogP contribution is 2.34. The van der Waals surface area contributed by atoms with E-state index in [2.05, 4.69) is 20.4 Å². The molecule has 2 heterocycles. The quantitative estimate of drug-likeness (QED) is 0.855. The van der Waals surface area contributed by atoms with Gasteiger partial charge in [-0.2, -0.15) is 5.10 Å². The second-order valence-corrected chi connectivity index (χ2v) is 7.51. The van der Waals surface area contributed by atoms with Crippen LogP contribution in [0.25, 0.3) is 10.8 Å². The van der Waals surface area contributed by atoms with Gasteiger partial charge in [0, 0.05) is 30.6 Å². The lowest BCUT2D eigenvalue weighted by Crippen LogP contribution is -2.59. The minimum absolute atomic E-state index is 0.00428. The molecule has 2 fully saturated rings. The van der Waals surface area contributed by atoms with Crippen LogP contribution in [0.4, 0.5) is 0 Å².